The number of methoxy groups -OCH3 is 2. The van der Waals surface area contributed by atoms with E-state index in [0.29, 0.717) is 19.6 Å². The molecule has 1 amide bonds. The Labute approximate surface area is 182 Å². The van der Waals surface area contributed by atoms with Crippen molar-refractivity contribution in [3.63, 3.8) is 0 Å². The fourth-order valence-electron chi connectivity index (χ4n) is 4.27. The van der Waals surface area contributed by atoms with Crippen LogP contribution >= 0.6 is 0 Å². The highest BCUT2D eigenvalue weighted by atomic mass is 16.5. The van der Waals surface area contributed by atoms with Crippen LogP contribution in [0.3, 0.4) is 0 Å². The van der Waals surface area contributed by atoms with E-state index in [-0.39, 0.29) is 12.0 Å². The molecule has 3 heterocycles. The Balaban J connectivity index is 1.34. The first-order valence-corrected chi connectivity index (χ1v) is 10.9. The van der Waals surface area contributed by atoms with Gasteiger partial charge >= 0.3 is 0 Å². The molecule has 9 nitrogen and oxygen atoms in total. The van der Waals surface area contributed by atoms with Crippen LogP contribution < -0.4 is 14.8 Å². The molecule has 0 unspecified atom stereocenters. The number of nitrogens with one attached hydrogen (secondary N) is 1. The number of carbonyl (C=O) groups excluding carboxylic acids is 1. The van der Waals surface area contributed by atoms with E-state index in [9.17, 15) is 4.79 Å². The maximum Gasteiger partial charge on any atom is 0.249 e. The topological polar surface area (TPSA) is 90.7 Å². The van der Waals surface area contributed by atoms with Crippen LogP contribution in [-0.4, -0.2) is 72.1 Å². The highest BCUT2D eigenvalue weighted by Gasteiger charge is 2.24. The lowest BCUT2D eigenvalue weighted by Crippen LogP contribution is -2.35. The minimum absolute atomic E-state index is 0.0231. The first-order valence-electron chi connectivity index (χ1n) is 10.9. The maximum atomic E-state index is 12.1. The van der Waals surface area contributed by atoms with Crippen molar-refractivity contribution in [3.05, 3.63) is 35.4 Å². The van der Waals surface area contributed by atoms with E-state index < -0.39 is 0 Å². The number of hydrogen-bond acceptors (Lipinski definition) is 7. The molecule has 1 atom stereocenters. The first kappa shape index (κ1) is 21.6. The smallest absolute Gasteiger partial charge is 0.249 e. The van der Waals surface area contributed by atoms with E-state index in [0.717, 1.165) is 74.2 Å². The number of ether oxygens (including phenoxy) is 3. The van der Waals surface area contributed by atoms with Crippen molar-refractivity contribution in [1.82, 2.24) is 25.0 Å². The normalized spacial score (nSPS) is 19.0. The molecular weight excluding hydrogens is 398 g/mol. The van der Waals surface area contributed by atoms with Gasteiger partial charge in [0.05, 0.1) is 19.8 Å². The summed E-state index contributed by atoms with van der Waals surface area (Å²) in [4.78, 5) is 14.5. The van der Waals surface area contributed by atoms with Gasteiger partial charge in [-0.2, -0.15) is 0 Å². The van der Waals surface area contributed by atoms with Crippen LogP contribution in [0.2, 0.25) is 0 Å². The lowest BCUT2D eigenvalue weighted by molar-refractivity contribution is -0.130. The third kappa shape index (κ3) is 4.99. The minimum atomic E-state index is -0.295. The summed E-state index contributed by atoms with van der Waals surface area (Å²) in [5.74, 6) is 3.57. The Bertz CT molecular complexity index is 872. The highest BCUT2D eigenvalue weighted by Crippen LogP contribution is 2.30. The average molecular weight is 430 g/mol. The monoisotopic (exact) mass is 429 g/mol. The predicted molar refractivity (Wildman–Crippen MR) is 114 cm³/mol. The molecule has 1 fully saturated rings. The van der Waals surface area contributed by atoms with Gasteiger partial charge in [0.1, 0.15) is 29.3 Å². The van der Waals surface area contributed by atoms with Crippen molar-refractivity contribution < 1.29 is 19.0 Å². The Hall–Kier alpha value is -2.65. The third-order valence-electron chi connectivity index (χ3n) is 5.98. The lowest BCUT2D eigenvalue weighted by Gasteiger charge is -2.22. The molecule has 0 saturated carbocycles. The summed E-state index contributed by atoms with van der Waals surface area (Å²) in [5.41, 5.74) is 1.06. The molecule has 0 spiro atoms. The van der Waals surface area contributed by atoms with Crippen molar-refractivity contribution in [2.24, 2.45) is 0 Å². The summed E-state index contributed by atoms with van der Waals surface area (Å²) < 4.78 is 18.7. The minimum Gasteiger partial charge on any atom is -0.496 e. The number of amides is 1. The fraction of sp³-hybridized carbons (Fsp3) is 0.591. The molecule has 168 valence electrons. The van der Waals surface area contributed by atoms with Crippen molar-refractivity contribution in [1.29, 1.82) is 0 Å². The molecule has 0 bridgehead atoms. The summed E-state index contributed by atoms with van der Waals surface area (Å²) in [7, 11) is 3.37. The van der Waals surface area contributed by atoms with Crippen LogP contribution in [0, 0.1) is 0 Å². The molecule has 2 aliphatic rings. The van der Waals surface area contributed by atoms with Gasteiger partial charge in [-0.15, -0.1) is 10.2 Å². The van der Waals surface area contributed by atoms with Crippen LogP contribution in [0.15, 0.2) is 18.2 Å². The van der Waals surface area contributed by atoms with Crippen LogP contribution in [0.25, 0.3) is 0 Å². The highest BCUT2D eigenvalue weighted by molar-refractivity contribution is 5.80. The number of fused-ring (bicyclic) bond motifs is 1. The zero-order valence-electron chi connectivity index (χ0n) is 18.3. The second kappa shape index (κ2) is 10.1. The van der Waals surface area contributed by atoms with Gasteiger partial charge in [0.15, 0.2) is 0 Å². The number of benzene rings is 1. The van der Waals surface area contributed by atoms with E-state index in [2.05, 4.69) is 25.0 Å². The van der Waals surface area contributed by atoms with Crippen LogP contribution in [0.5, 0.6) is 11.5 Å². The van der Waals surface area contributed by atoms with E-state index >= 15 is 0 Å². The molecule has 0 radical (unpaired) electrons. The number of aromatic nitrogens is 3. The van der Waals surface area contributed by atoms with Gasteiger partial charge in [0.25, 0.3) is 0 Å². The molecule has 0 aliphatic carbocycles. The van der Waals surface area contributed by atoms with Gasteiger partial charge in [-0.05, 0) is 25.0 Å². The molecule has 9 heteroatoms. The van der Waals surface area contributed by atoms with Crippen LogP contribution in [0.4, 0.5) is 0 Å². The van der Waals surface area contributed by atoms with Gasteiger partial charge in [0, 0.05) is 52.2 Å². The summed E-state index contributed by atoms with van der Waals surface area (Å²) in [6, 6.07) is 5.87. The Kier molecular flexibility index (Phi) is 7.03. The second-order valence-corrected chi connectivity index (χ2v) is 7.89. The molecule has 2 aliphatic heterocycles. The fourth-order valence-corrected chi connectivity index (χ4v) is 4.27. The molecule has 1 aromatic carbocycles. The molecule has 1 N–H and O–H groups in total. The van der Waals surface area contributed by atoms with Gasteiger partial charge in [-0.25, -0.2) is 0 Å². The van der Waals surface area contributed by atoms with E-state index in [4.69, 9.17) is 14.2 Å². The van der Waals surface area contributed by atoms with Crippen LogP contribution in [-0.2, 0) is 35.5 Å². The standard InChI is InChI=1S/C22H31N5O4/c1-29-17-5-3-6-18(30-2)16(17)15-26-11-9-21-25-24-20(27(21)13-12-26)8-10-23-22(28)19-7-4-14-31-19/h3,5-6,19H,4,7-15H2,1-2H3,(H,23,28)/t19-/m1/s1. The van der Waals surface area contributed by atoms with E-state index in [1.165, 1.54) is 0 Å². The molecule has 1 aromatic heterocycles. The number of nitrogens with zero attached hydrogens (tertiary/aromatic N) is 4. The molecule has 2 aromatic rings. The molecular formula is C22H31N5O4. The molecule has 31 heavy (non-hydrogen) atoms. The quantitative estimate of drug-likeness (QED) is 0.674. The summed E-state index contributed by atoms with van der Waals surface area (Å²) in [6.45, 7) is 4.54. The summed E-state index contributed by atoms with van der Waals surface area (Å²) >= 11 is 0. The van der Waals surface area contributed by atoms with Gasteiger partial charge < -0.3 is 24.1 Å². The lowest BCUT2D eigenvalue weighted by atomic mass is 10.1. The number of hydrogen-bond donors (Lipinski definition) is 1. The second-order valence-electron chi connectivity index (χ2n) is 7.89. The van der Waals surface area contributed by atoms with E-state index in [1.54, 1.807) is 14.2 Å². The van der Waals surface area contributed by atoms with Gasteiger partial charge in [-0.1, -0.05) is 6.07 Å². The first-order chi connectivity index (χ1) is 15.2. The summed E-state index contributed by atoms with van der Waals surface area (Å²) in [6.07, 6.45) is 2.95. The van der Waals surface area contributed by atoms with Crippen molar-refractivity contribution in [2.75, 3.05) is 40.5 Å². The summed E-state index contributed by atoms with van der Waals surface area (Å²) in [5, 5.41) is 11.7. The van der Waals surface area contributed by atoms with Crippen molar-refractivity contribution >= 4 is 5.91 Å². The van der Waals surface area contributed by atoms with Gasteiger partial charge in [0.2, 0.25) is 5.91 Å². The Morgan fingerprint density at radius 2 is 2.00 bits per heavy atom. The third-order valence-corrected chi connectivity index (χ3v) is 5.98. The molecule has 1 saturated heterocycles. The largest absolute Gasteiger partial charge is 0.496 e. The zero-order chi connectivity index (χ0) is 21.6. The number of rotatable bonds is 8. The SMILES string of the molecule is COc1cccc(OC)c1CN1CCc2nnc(CCNC(=O)[C@H]3CCCO3)n2CC1. The number of carbonyl (C=O) groups is 1. The van der Waals surface area contributed by atoms with Gasteiger partial charge in [-0.3, -0.25) is 9.69 Å². The average Bonchev–Trinajstić information content (AvgIpc) is 3.42. The Morgan fingerprint density at radius 3 is 2.71 bits per heavy atom. The zero-order valence-corrected chi connectivity index (χ0v) is 18.3. The Morgan fingerprint density at radius 1 is 1.19 bits per heavy atom. The molecule has 4 rings (SSSR count). The van der Waals surface area contributed by atoms with E-state index in [1.807, 2.05) is 18.2 Å². The maximum absolute atomic E-state index is 12.1. The van der Waals surface area contributed by atoms with Crippen molar-refractivity contribution in [3.8, 4) is 11.5 Å². The van der Waals surface area contributed by atoms with Crippen molar-refractivity contribution in [2.45, 2.75) is 44.9 Å². The predicted octanol–water partition coefficient (Wildman–Crippen LogP) is 1.19. The van der Waals surface area contributed by atoms with Crippen LogP contribution in [0.1, 0.15) is 30.1 Å².